The number of aromatic nitrogens is 1. The molecule has 5 rings (SSSR count). The van der Waals surface area contributed by atoms with Crippen LogP contribution in [0.2, 0.25) is 10.0 Å². The van der Waals surface area contributed by atoms with Gasteiger partial charge in [0.25, 0.3) is 15.9 Å². The van der Waals surface area contributed by atoms with E-state index in [0.717, 1.165) is 0 Å². The van der Waals surface area contributed by atoms with Crippen LogP contribution in [0.1, 0.15) is 10.4 Å². The molecule has 0 aliphatic heterocycles. The van der Waals surface area contributed by atoms with Crippen LogP contribution in [0.25, 0.3) is 22.4 Å². The second-order valence-electron chi connectivity index (χ2n) is 7.76. The zero-order valence-corrected chi connectivity index (χ0v) is 20.7. The molecule has 0 saturated carbocycles. The molecule has 2 heterocycles. The minimum atomic E-state index is -4.05. The van der Waals surface area contributed by atoms with Crippen molar-refractivity contribution in [2.24, 2.45) is 0 Å². The van der Waals surface area contributed by atoms with Crippen molar-refractivity contribution in [1.29, 1.82) is 0 Å². The fourth-order valence-corrected chi connectivity index (χ4v) is 5.34. The molecule has 5 aromatic rings. The molecule has 0 atom stereocenters. The molecule has 10 heteroatoms. The molecule has 0 spiro atoms. The Hall–Kier alpha value is -3.85. The van der Waals surface area contributed by atoms with Gasteiger partial charge in [0, 0.05) is 21.8 Å². The van der Waals surface area contributed by atoms with Crippen molar-refractivity contribution in [2.45, 2.75) is 4.90 Å². The molecule has 7 nitrogen and oxygen atoms in total. The number of nitrogens with zero attached hydrogens (tertiary/aromatic N) is 1. The van der Waals surface area contributed by atoms with Crippen LogP contribution in [-0.2, 0) is 10.0 Å². The monoisotopic (exact) mass is 537 g/mol. The number of para-hydroxylation sites is 1. The zero-order valence-electron chi connectivity index (χ0n) is 18.4. The number of benzene rings is 3. The summed E-state index contributed by atoms with van der Waals surface area (Å²) in [6.45, 7) is 0. The number of furan rings is 1. The van der Waals surface area contributed by atoms with Gasteiger partial charge in [0.1, 0.15) is 10.6 Å². The van der Waals surface area contributed by atoms with E-state index in [0.29, 0.717) is 38.6 Å². The van der Waals surface area contributed by atoms with Crippen LogP contribution in [0.4, 0.5) is 11.4 Å². The number of halogens is 2. The molecule has 2 aromatic heterocycles. The number of fused-ring (bicyclic) bond motifs is 1. The highest BCUT2D eigenvalue weighted by Crippen LogP contribution is 2.29. The Morgan fingerprint density at radius 1 is 0.861 bits per heavy atom. The number of carbonyl (C=O) groups excluding carboxylic acids is 1. The topological polar surface area (TPSA) is 101 Å². The lowest BCUT2D eigenvalue weighted by Crippen LogP contribution is -2.16. The second-order valence-corrected chi connectivity index (χ2v) is 10.3. The summed E-state index contributed by atoms with van der Waals surface area (Å²) in [6, 6.07) is 22.8. The van der Waals surface area contributed by atoms with Gasteiger partial charge in [0.15, 0.2) is 5.76 Å². The molecular formula is C26H17Cl2N3O4S. The van der Waals surface area contributed by atoms with Gasteiger partial charge < -0.3 is 9.73 Å². The average Bonchev–Trinajstić information content (AvgIpc) is 3.41. The maximum Gasteiger partial charge on any atom is 0.263 e. The van der Waals surface area contributed by atoms with E-state index in [4.69, 9.17) is 27.6 Å². The van der Waals surface area contributed by atoms with Gasteiger partial charge >= 0.3 is 0 Å². The summed E-state index contributed by atoms with van der Waals surface area (Å²) in [5, 5.41) is 3.88. The number of carbonyl (C=O) groups is 1. The van der Waals surface area contributed by atoms with Crippen molar-refractivity contribution in [3.05, 3.63) is 107 Å². The van der Waals surface area contributed by atoms with Crippen molar-refractivity contribution in [2.75, 3.05) is 10.0 Å². The summed E-state index contributed by atoms with van der Waals surface area (Å²) < 4.78 is 33.9. The normalized spacial score (nSPS) is 11.4. The van der Waals surface area contributed by atoms with Gasteiger partial charge in [-0.1, -0.05) is 41.4 Å². The summed E-state index contributed by atoms with van der Waals surface area (Å²) in [5.41, 5.74) is 2.03. The minimum absolute atomic E-state index is 0.00364. The van der Waals surface area contributed by atoms with E-state index in [9.17, 15) is 13.2 Å². The Morgan fingerprint density at radius 3 is 2.36 bits per heavy atom. The summed E-state index contributed by atoms with van der Waals surface area (Å²) in [6.07, 6.45) is 1.53. The summed E-state index contributed by atoms with van der Waals surface area (Å²) in [7, 11) is -4.05. The van der Waals surface area contributed by atoms with Gasteiger partial charge in [-0.2, -0.15) is 0 Å². The summed E-state index contributed by atoms with van der Waals surface area (Å²) in [5.74, 6) is 0.0701. The first kappa shape index (κ1) is 23.9. The molecule has 0 bridgehead atoms. The highest BCUT2D eigenvalue weighted by atomic mass is 35.5. The fraction of sp³-hybridized carbons (Fsp3) is 0. The number of amides is 1. The van der Waals surface area contributed by atoms with E-state index in [1.807, 2.05) is 12.1 Å². The maximum atomic E-state index is 13.3. The Kier molecular flexibility index (Phi) is 6.40. The van der Waals surface area contributed by atoms with Crippen molar-refractivity contribution in [3.63, 3.8) is 0 Å². The molecule has 0 fully saturated rings. The first-order chi connectivity index (χ1) is 17.3. The number of sulfonamides is 1. The maximum absolute atomic E-state index is 13.3. The van der Waals surface area contributed by atoms with Gasteiger partial charge in [0.05, 0.1) is 22.4 Å². The predicted octanol–water partition coefficient (Wildman–Crippen LogP) is 6.85. The standard InChI is InChI=1S/C26H17Cl2N3O4S/c27-16-7-9-17(10-8-16)31-36(33,34)25-14-18(11-12-21(25)28)29-26(32)20-15-23(24-6-3-13-35-24)30-22-5-2-1-4-19(20)22/h1-15,31H,(H,29,32). The van der Waals surface area contributed by atoms with Crippen molar-refractivity contribution in [3.8, 4) is 11.5 Å². The van der Waals surface area contributed by atoms with Crippen molar-refractivity contribution in [1.82, 2.24) is 4.98 Å². The number of hydrogen-bond donors (Lipinski definition) is 2. The third-order valence-corrected chi connectivity index (χ3v) is 7.42. The number of anilines is 2. The third kappa shape index (κ3) is 4.92. The molecule has 0 unspecified atom stereocenters. The smallest absolute Gasteiger partial charge is 0.263 e. The van der Waals surface area contributed by atoms with Crippen molar-refractivity contribution >= 4 is 61.4 Å². The number of pyridine rings is 1. The van der Waals surface area contributed by atoms with Gasteiger partial charge in [-0.3, -0.25) is 9.52 Å². The van der Waals surface area contributed by atoms with E-state index in [2.05, 4.69) is 15.0 Å². The lowest BCUT2D eigenvalue weighted by atomic mass is 10.1. The molecule has 1 amide bonds. The zero-order chi connectivity index (χ0) is 25.3. The van der Waals surface area contributed by atoms with Gasteiger partial charge in [-0.25, -0.2) is 13.4 Å². The van der Waals surface area contributed by atoms with E-state index in [1.165, 1.54) is 36.6 Å². The highest BCUT2D eigenvalue weighted by molar-refractivity contribution is 7.92. The van der Waals surface area contributed by atoms with Crippen LogP contribution >= 0.6 is 23.2 Å². The van der Waals surface area contributed by atoms with Crippen LogP contribution in [0.3, 0.4) is 0 Å². The quantitative estimate of drug-likeness (QED) is 0.246. The summed E-state index contributed by atoms with van der Waals surface area (Å²) >= 11 is 12.1. The van der Waals surface area contributed by atoms with E-state index >= 15 is 0 Å². The average molecular weight is 538 g/mol. The predicted molar refractivity (Wildman–Crippen MR) is 141 cm³/mol. The third-order valence-electron chi connectivity index (χ3n) is 5.31. The SMILES string of the molecule is O=C(Nc1ccc(Cl)c(S(=O)(=O)Nc2ccc(Cl)cc2)c1)c1cc(-c2ccco2)nc2ccccc12. The molecule has 0 saturated heterocycles. The van der Waals surface area contributed by atoms with Crippen LogP contribution < -0.4 is 10.0 Å². The van der Waals surface area contributed by atoms with Crippen LogP contribution in [0.5, 0.6) is 0 Å². The molecule has 36 heavy (non-hydrogen) atoms. The van der Waals surface area contributed by atoms with Gasteiger partial charge in [-0.05, 0) is 66.7 Å². The second kappa shape index (κ2) is 9.66. The highest BCUT2D eigenvalue weighted by Gasteiger charge is 2.21. The van der Waals surface area contributed by atoms with Crippen LogP contribution in [0.15, 0.2) is 101 Å². The van der Waals surface area contributed by atoms with Gasteiger partial charge in [-0.15, -0.1) is 0 Å². The number of nitrogens with one attached hydrogen (secondary N) is 2. The first-order valence-corrected chi connectivity index (χ1v) is 12.9. The van der Waals surface area contributed by atoms with E-state index in [1.54, 1.807) is 42.5 Å². The fourth-order valence-electron chi connectivity index (χ4n) is 3.63. The molecule has 0 radical (unpaired) electrons. The first-order valence-electron chi connectivity index (χ1n) is 10.6. The van der Waals surface area contributed by atoms with E-state index < -0.39 is 15.9 Å². The molecule has 180 valence electrons. The van der Waals surface area contributed by atoms with Crippen LogP contribution in [0, 0.1) is 0 Å². The molecule has 0 aliphatic rings. The largest absolute Gasteiger partial charge is 0.463 e. The Labute approximate surface area is 216 Å². The Balaban J connectivity index is 1.48. The van der Waals surface area contributed by atoms with Crippen LogP contribution in [-0.4, -0.2) is 19.3 Å². The molecule has 0 aliphatic carbocycles. The number of rotatable bonds is 6. The lowest BCUT2D eigenvalue weighted by Gasteiger charge is -2.13. The van der Waals surface area contributed by atoms with Crippen molar-refractivity contribution < 1.29 is 17.6 Å². The van der Waals surface area contributed by atoms with Gasteiger partial charge in [0.2, 0.25) is 0 Å². The minimum Gasteiger partial charge on any atom is -0.463 e. The molecule has 2 N–H and O–H groups in total. The Bertz CT molecular complexity index is 1690. The molecular weight excluding hydrogens is 521 g/mol. The molecule has 3 aromatic carbocycles. The van der Waals surface area contributed by atoms with E-state index in [-0.39, 0.29) is 15.6 Å². The number of hydrogen-bond acceptors (Lipinski definition) is 5. The summed E-state index contributed by atoms with van der Waals surface area (Å²) in [4.78, 5) is 17.7. The Morgan fingerprint density at radius 2 is 1.61 bits per heavy atom. The lowest BCUT2D eigenvalue weighted by molar-refractivity contribution is 0.102.